The van der Waals surface area contributed by atoms with Crippen molar-refractivity contribution in [2.45, 2.75) is 0 Å². The molecule has 0 fully saturated rings. The fourth-order valence-corrected chi connectivity index (χ4v) is 0. The van der Waals surface area contributed by atoms with Crippen LogP contribution < -0.4 is 51.4 Å². The fourth-order valence-electron chi connectivity index (χ4n) is 0. The topological polar surface area (TPSA) is 124 Å². The third kappa shape index (κ3) is 37.6. The number of hydrogen-bond acceptors (Lipinski definition) is 1. The third-order valence-electron chi connectivity index (χ3n) is 0. The molecule has 6 heteroatoms. The average Bonchev–Trinajstić information content (AvgIpc) is 0. The minimum absolute atomic E-state index is 0. The molecule has 0 saturated heterocycles. The second-order valence-electron chi connectivity index (χ2n) is 0. The van der Waals surface area contributed by atoms with Crippen molar-refractivity contribution in [1.82, 2.24) is 0 Å². The Labute approximate surface area is 88.8 Å². The van der Waals surface area contributed by atoms with Crippen LogP contribution in [0.15, 0.2) is 0 Å². The van der Waals surface area contributed by atoms with Gasteiger partial charge >= 0.3 is 51.4 Å². The first-order chi connectivity index (χ1) is 0. The quantitative estimate of drug-likeness (QED) is 0.326. The Hall–Kier alpha value is 2.00. The Morgan fingerprint density at radius 1 is 0.667 bits per heavy atom. The first kappa shape index (κ1) is 98.2. The van der Waals surface area contributed by atoms with Crippen molar-refractivity contribution in [1.29, 1.82) is 0 Å². The molecule has 0 aromatic rings. The molecule has 0 aliphatic heterocycles. The van der Waals surface area contributed by atoms with Gasteiger partial charge in [-0.3, -0.25) is 0 Å². The summed E-state index contributed by atoms with van der Waals surface area (Å²) in [7, 11) is 0. The summed E-state index contributed by atoms with van der Waals surface area (Å²) in [4.78, 5) is 0. The zero-order chi connectivity index (χ0) is 0. The van der Waals surface area contributed by atoms with Crippen LogP contribution in [0.3, 0.4) is 0 Å². The standard InChI is InChI=1S/K.Mn.4H2O/h;;4*1H2/q+1;;;;;/p-1. The molecule has 7 N–H and O–H groups in total. The van der Waals surface area contributed by atoms with E-state index < -0.39 is 0 Å². The second kappa shape index (κ2) is 63.1. The zero-order valence-corrected chi connectivity index (χ0v) is 7.63. The van der Waals surface area contributed by atoms with Crippen LogP contribution in [-0.4, -0.2) is 21.9 Å². The van der Waals surface area contributed by atoms with Crippen LogP contribution in [0.25, 0.3) is 0 Å². The Bertz CT molecular complexity index is 7.51. The van der Waals surface area contributed by atoms with Gasteiger partial charge in [-0.25, -0.2) is 0 Å². The van der Waals surface area contributed by atoms with Crippen LogP contribution in [-0.2, 0) is 17.1 Å². The fraction of sp³-hybridized carbons (Fsp3) is 0. The Morgan fingerprint density at radius 3 is 0.667 bits per heavy atom. The maximum atomic E-state index is 0. The number of rotatable bonds is 0. The summed E-state index contributed by atoms with van der Waals surface area (Å²) in [5.41, 5.74) is 0. The largest absolute Gasteiger partial charge is 1.00 e. The van der Waals surface area contributed by atoms with Crippen LogP contribution in [0.1, 0.15) is 0 Å². The second-order valence-corrected chi connectivity index (χ2v) is 0. The van der Waals surface area contributed by atoms with Crippen molar-refractivity contribution in [2.75, 3.05) is 0 Å². The van der Waals surface area contributed by atoms with Crippen molar-refractivity contribution in [2.24, 2.45) is 0 Å². The normalized spacial score (nSPS) is 0. The van der Waals surface area contributed by atoms with E-state index in [0.29, 0.717) is 0 Å². The summed E-state index contributed by atoms with van der Waals surface area (Å²) >= 11 is 0. The molecular weight excluding hydrogens is 158 g/mol. The molecule has 39 valence electrons. The SMILES string of the molecule is O.O.O.[K+].[Mn].[OH-]. The van der Waals surface area contributed by atoms with Crippen molar-refractivity contribution in [3.05, 3.63) is 0 Å². The van der Waals surface area contributed by atoms with E-state index in [0.717, 1.165) is 0 Å². The van der Waals surface area contributed by atoms with Gasteiger partial charge in [0.2, 0.25) is 0 Å². The van der Waals surface area contributed by atoms with Gasteiger partial charge in [-0.05, 0) is 0 Å². The molecule has 0 aliphatic carbocycles. The zero-order valence-electron chi connectivity index (χ0n) is 3.33. The van der Waals surface area contributed by atoms with E-state index in [2.05, 4.69) is 0 Å². The summed E-state index contributed by atoms with van der Waals surface area (Å²) in [6.07, 6.45) is 0. The number of hydrogen-bond donors (Lipinski definition) is 0. The first-order valence-corrected chi connectivity index (χ1v) is 0. The van der Waals surface area contributed by atoms with Crippen LogP contribution in [0, 0.1) is 0 Å². The van der Waals surface area contributed by atoms with Crippen molar-refractivity contribution < 1.29 is 90.4 Å². The Kier molecular flexibility index (Phi) is 1030. The molecule has 0 atom stereocenters. The molecule has 0 amide bonds. The summed E-state index contributed by atoms with van der Waals surface area (Å²) in [6.45, 7) is 0. The molecule has 0 heterocycles. The van der Waals surface area contributed by atoms with E-state index in [9.17, 15) is 0 Å². The van der Waals surface area contributed by atoms with Crippen LogP contribution in [0.5, 0.6) is 0 Å². The van der Waals surface area contributed by atoms with E-state index in [-0.39, 0.29) is 90.4 Å². The molecule has 0 saturated carbocycles. The molecular formula is H7KMnO4. The molecule has 0 aromatic carbocycles. The molecule has 0 spiro atoms. The first-order valence-electron chi connectivity index (χ1n) is 0. The van der Waals surface area contributed by atoms with E-state index >= 15 is 0 Å². The van der Waals surface area contributed by atoms with Crippen LogP contribution in [0.4, 0.5) is 0 Å². The molecule has 1 radical (unpaired) electrons. The van der Waals surface area contributed by atoms with Gasteiger partial charge in [-0.1, -0.05) is 0 Å². The molecule has 0 rings (SSSR count). The van der Waals surface area contributed by atoms with Crippen molar-refractivity contribution in [3.8, 4) is 0 Å². The molecule has 0 bridgehead atoms. The minimum Gasteiger partial charge on any atom is -0.870 e. The smallest absolute Gasteiger partial charge is 0.870 e. The van der Waals surface area contributed by atoms with Gasteiger partial charge in [0.1, 0.15) is 0 Å². The maximum Gasteiger partial charge on any atom is 1.00 e. The van der Waals surface area contributed by atoms with Crippen LogP contribution >= 0.6 is 0 Å². The third-order valence-corrected chi connectivity index (χ3v) is 0. The molecule has 0 aliphatic rings. The minimum atomic E-state index is 0. The van der Waals surface area contributed by atoms with Gasteiger partial charge in [0.25, 0.3) is 0 Å². The van der Waals surface area contributed by atoms with Crippen LogP contribution in [0.2, 0.25) is 0 Å². The van der Waals surface area contributed by atoms with Gasteiger partial charge in [0.15, 0.2) is 0 Å². The predicted octanol–water partition coefficient (Wildman–Crippen LogP) is -5.65. The molecule has 4 nitrogen and oxygen atoms in total. The average molecular weight is 165 g/mol. The molecule has 0 aromatic heterocycles. The summed E-state index contributed by atoms with van der Waals surface area (Å²) in [6, 6.07) is 0. The van der Waals surface area contributed by atoms with Crippen molar-refractivity contribution >= 4 is 0 Å². The van der Waals surface area contributed by atoms with Gasteiger partial charge in [0, 0.05) is 17.1 Å². The maximum absolute atomic E-state index is 0. The molecule has 0 unspecified atom stereocenters. The van der Waals surface area contributed by atoms with E-state index in [4.69, 9.17) is 0 Å². The molecule has 6 heavy (non-hydrogen) atoms. The summed E-state index contributed by atoms with van der Waals surface area (Å²) in [5.74, 6) is 0. The summed E-state index contributed by atoms with van der Waals surface area (Å²) < 4.78 is 0. The van der Waals surface area contributed by atoms with Gasteiger partial charge < -0.3 is 21.9 Å². The van der Waals surface area contributed by atoms with E-state index in [1.807, 2.05) is 0 Å². The van der Waals surface area contributed by atoms with Gasteiger partial charge in [-0.2, -0.15) is 0 Å². The predicted molar refractivity (Wildman–Crippen MR) is 12.8 cm³/mol. The van der Waals surface area contributed by atoms with Gasteiger partial charge in [0.05, 0.1) is 0 Å². The summed E-state index contributed by atoms with van der Waals surface area (Å²) in [5, 5.41) is 0. The van der Waals surface area contributed by atoms with E-state index in [1.54, 1.807) is 0 Å². The monoisotopic (exact) mass is 165 g/mol. The Morgan fingerprint density at radius 2 is 0.667 bits per heavy atom. The van der Waals surface area contributed by atoms with Crippen molar-refractivity contribution in [3.63, 3.8) is 0 Å². The van der Waals surface area contributed by atoms with Gasteiger partial charge in [-0.15, -0.1) is 0 Å². The van der Waals surface area contributed by atoms with E-state index in [1.165, 1.54) is 0 Å². The Balaban J connectivity index is 0.